The van der Waals surface area contributed by atoms with E-state index in [9.17, 15) is 18.0 Å². The third-order valence-electron chi connectivity index (χ3n) is 4.51. The zero-order chi connectivity index (χ0) is 19.4. The summed E-state index contributed by atoms with van der Waals surface area (Å²) in [5.41, 5.74) is 2.11. The first-order valence-corrected chi connectivity index (χ1v) is 10.1. The molecule has 2 aromatic carbocycles. The molecule has 0 saturated carbocycles. The van der Waals surface area contributed by atoms with Crippen molar-refractivity contribution in [3.8, 4) is 0 Å². The van der Waals surface area contributed by atoms with E-state index in [4.69, 9.17) is 5.21 Å². The van der Waals surface area contributed by atoms with Crippen LogP contribution in [0.15, 0.2) is 58.3 Å². The number of hydroxylamine groups is 1. The van der Waals surface area contributed by atoms with Crippen LogP contribution in [0.3, 0.4) is 0 Å². The summed E-state index contributed by atoms with van der Waals surface area (Å²) in [7, 11) is -3.80. The van der Waals surface area contributed by atoms with Crippen molar-refractivity contribution < 1.29 is 23.2 Å². The van der Waals surface area contributed by atoms with Gasteiger partial charge in [0, 0.05) is 13.0 Å². The van der Waals surface area contributed by atoms with Gasteiger partial charge in [0.25, 0.3) is 5.91 Å². The van der Waals surface area contributed by atoms with Gasteiger partial charge in [-0.3, -0.25) is 14.8 Å². The van der Waals surface area contributed by atoms with Crippen molar-refractivity contribution in [3.05, 3.63) is 54.1 Å². The quantitative estimate of drug-likeness (QED) is 0.450. The molecule has 142 valence electrons. The highest BCUT2D eigenvalue weighted by atomic mass is 32.2. The van der Waals surface area contributed by atoms with Gasteiger partial charge in [0.15, 0.2) is 0 Å². The maximum atomic E-state index is 13.1. The maximum absolute atomic E-state index is 13.1. The molecule has 7 nitrogen and oxygen atoms in total. The predicted octanol–water partition coefficient (Wildman–Crippen LogP) is 2.55. The summed E-state index contributed by atoms with van der Waals surface area (Å²) in [5.74, 6) is -0.807. The summed E-state index contributed by atoms with van der Waals surface area (Å²) >= 11 is 0. The standard InChI is InChI=1S/C19H20N2O5S/c22-18(20-24)12-2-1-7-13-21-15-9-4-6-11-17(15)27(25,26)16-10-5-3-8-14(16)19(21)23/h3-6,8-11,24H,1-2,7,12-13H2,(H,20,22). The third-order valence-corrected chi connectivity index (χ3v) is 6.37. The molecule has 2 N–H and O–H groups in total. The first kappa shape index (κ1) is 19.1. The molecule has 27 heavy (non-hydrogen) atoms. The second kappa shape index (κ2) is 7.89. The van der Waals surface area contributed by atoms with E-state index < -0.39 is 15.7 Å². The normalized spacial score (nSPS) is 14.9. The molecule has 2 amide bonds. The van der Waals surface area contributed by atoms with Crippen LogP contribution in [-0.2, 0) is 14.6 Å². The molecule has 0 bridgehead atoms. The summed E-state index contributed by atoms with van der Waals surface area (Å²) in [4.78, 5) is 25.7. The van der Waals surface area contributed by atoms with Crippen molar-refractivity contribution in [3.63, 3.8) is 0 Å². The topological polar surface area (TPSA) is 104 Å². The average molecular weight is 388 g/mol. The molecule has 3 rings (SSSR count). The lowest BCUT2D eigenvalue weighted by Crippen LogP contribution is -2.31. The maximum Gasteiger partial charge on any atom is 0.259 e. The van der Waals surface area contributed by atoms with E-state index in [-0.39, 0.29) is 27.7 Å². The van der Waals surface area contributed by atoms with E-state index in [2.05, 4.69) is 0 Å². The lowest BCUT2D eigenvalue weighted by atomic mass is 10.1. The van der Waals surface area contributed by atoms with Crippen LogP contribution in [-0.4, -0.2) is 32.0 Å². The molecule has 0 fully saturated rings. The molecule has 0 aromatic heterocycles. The Balaban J connectivity index is 1.90. The molecule has 8 heteroatoms. The number of hydrogen-bond acceptors (Lipinski definition) is 5. The van der Waals surface area contributed by atoms with Crippen molar-refractivity contribution in [1.29, 1.82) is 0 Å². The number of fused-ring (bicyclic) bond motifs is 2. The van der Waals surface area contributed by atoms with E-state index in [1.54, 1.807) is 35.8 Å². The number of rotatable bonds is 6. The fraction of sp³-hybridized carbons (Fsp3) is 0.263. The minimum absolute atomic E-state index is 0.0181. The highest BCUT2D eigenvalue weighted by Gasteiger charge is 2.34. The second-order valence-corrected chi connectivity index (χ2v) is 8.16. The Bertz CT molecular complexity index is 972. The Labute approximate surface area is 157 Å². The fourth-order valence-electron chi connectivity index (χ4n) is 3.17. The molecule has 1 heterocycles. The molecule has 2 aromatic rings. The van der Waals surface area contributed by atoms with Crippen LogP contribution >= 0.6 is 0 Å². The number of nitrogens with zero attached hydrogens (tertiary/aromatic N) is 1. The van der Waals surface area contributed by atoms with Gasteiger partial charge < -0.3 is 4.90 Å². The summed E-state index contributed by atoms with van der Waals surface area (Å²) in [5, 5.41) is 8.50. The average Bonchev–Trinajstić information content (AvgIpc) is 2.76. The van der Waals surface area contributed by atoms with Gasteiger partial charge in [-0.25, -0.2) is 13.9 Å². The molecule has 0 unspecified atom stereocenters. The van der Waals surface area contributed by atoms with Crippen molar-refractivity contribution >= 4 is 27.3 Å². The van der Waals surface area contributed by atoms with Gasteiger partial charge in [0.2, 0.25) is 15.7 Å². The zero-order valence-electron chi connectivity index (χ0n) is 14.6. The molecule has 1 aliphatic heterocycles. The molecule has 0 spiro atoms. The number of carbonyl (C=O) groups is 2. The monoisotopic (exact) mass is 388 g/mol. The highest BCUT2D eigenvalue weighted by Crippen LogP contribution is 2.36. The number of carbonyl (C=O) groups excluding carboxylic acids is 2. The Kier molecular flexibility index (Phi) is 5.57. The third kappa shape index (κ3) is 3.72. The second-order valence-electron chi connectivity index (χ2n) is 6.27. The first-order valence-electron chi connectivity index (χ1n) is 8.65. The SMILES string of the molecule is O=C(CCCCCN1C(=O)c2ccccc2S(=O)(=O)c2ccccc21)NO. The van der Waals surface area contributed by atoms with Crippen LogP contribution in [0.4, 0.5) is 5.69 Å². The number of amides is 2. The van der Waals surface area contributed by atoms with Gasteiger partial charge in [-0.2, -0.15) is 0 Å². The molecule has 0 saturated heterocycles. The van der Waals surface area contributed by atoms with Gasteiger partial charge in [0.05, 0.1) is 21.0 Å². The summed E-state index contributed by atoms with van der Waals surface area (Å²) in [6.07, 6.45) is 2.01. The number of para-hydroxylation sites is 1. The van der Waals surface area contributed by atoms with Crippen molar-refractivity contribution in [2.45, 2.75) is 35.5 Å². The Morgan fingerprint density at radius 3 is 2.37 bits per heavy atom. The van der Waals surface area contributed by atoms with Crippen LogP contribution in [0, 0.1) is 0 Å². The van der Waals surface area contributed by atoms with E-state index in [0.29, 0.717) is 31.5 Å². The van der Waals surface area contributed by atoms with Crippen LogP contribution in [0.2, 0.25) is 0 Å². The van der Waals surface area contributed by atoms with Gasteiger partial charge in [-0.15, -0.1) is 0 Å². The van der Waals surface area contributed by atoms with Gasteiger partial charge in [-0.05, 0) is 37.1 Å². The minimum atomic E-state index is -3.80. The van der Waals surface area contributed by atoms with Gasteiger partial charge in [-0.1, -0.05) is 30.7 Å². The van der Waals surface area contributed by atoms with Gasteiger partial charge in [0.1, 0.15) is 0 Å². The number of benzene rings is 2. The van der Waals surface area contributed by atoms with E-state index in [1.165, 1.54) is 23.1 Å². The lowest BCUT2D eigenvalue weighted by molar-refractivity contribution is -0.129. The Morgan fingerprint density at radius 1 is 0.963 bits per heavy atom. The smallest absolute Gasteiger partial charge is 0.259 e. The van der Waals surface area contributed by atoms with E-state index in [0.717, 1.165) is 0 Å². The predicted molar refractivity (Wildman–Crippen MR) is 98.4 cm³/mol. The van der Waals surface area contributed by atoms with Crippen LogP contribution in [0.5, 0.6) is 0 Å². The van der Waals surface area contributed by atoms with E-state index in [1.807, 2.05) is 0 Å². The molecular weight excluding hydrogens is 368 g/mol. The summed E-state index contributed by atoms with van der Waals surface area (Å²) in [6, 6.07) is 12.7. The number of sulfone groups is 1. The number of nitrogens with one attached hydrogen (secondary N) is 1. The molecule has 0 atom stereocenters. The largest absolute Gasteiger partial charge is 0.307 e. The summed E-state index contributed by atoms with van der Waals surface area (Å²) in [6.45, 7) is 0.334. The number of anilines is 1. The number of hydrogen-bond donors (Lipinski definition) is 2. The van der Waals surface area contributed by atoms with Crippen molar-refractivity contribution in [1.82, 2.24) is 5.48 Å². The molecule has 0 radical (unpaired) electrons. The summed E-state index contributed by atoms with van der Waals surface area (Å²) < 4.78 is 26.1. The van der Waals surface area contributed by atoms with Crippen LogP contribution in [0.25, 0.3) is 0 Å². The van der Waals surface area contributed by atoms with Crippen LogP contribution < -0.4 is 10.4 Å². The Morgan fingerprint density at radius 2 is 1.63 bits per heavy atom. The van der Waals surface area contributed by atoms with Crippen molar-refractivity contribution in [2.75, 3.05) is 11.4 Å². The minimum Gasteiger partial charge on any atom is -0.307 e. The molecule has 0 aliphatic carbocycles. The van der Waals surface area contributed by atoms with Crippen LogP contribution in [0.1, 0.15) is 36.0 Å². The fourth-order valence-corrected chi connectivity index (χ4v) is 4.82. The van der Waals surface area contributed by atoms with Gasteiger partial charge >= 0.3 is 0 Å². The van der Waals surface area contributed by atoms with Crippen molar-refractivity contribution in [2.24, 2.45) is 0 Å². The highest BCUT2D eigenvalue weighted by molar-refractivity contribution is 7.91. The van der Waals surface area contributed by atoms with E-state index >= 15 is 0 Å². The zero-order valence-corrected chi connectivity index (χ0v) is 15.4. The molecule has 1 aliphatic rings. The Hall–Kier alpha value is -2.71. The lowest BCUT2D eigenvalue weighted by Gasteiger charge is -2.22. The molecular formula is C19H20N2O5S. The first-order chi connectivity index (χ1) is 13.0. The number of unbranched alkanes of at least 4 members (excludes halogenated alkanes) is 2.